The summed E-state index contributed by atoms with van der Waals surface area (Å²) in [6.45, 7) is 9.39. The van der Waals surface area contributed by atoms with Gasteiger partial charge in [-0.05, 0) is 19.3 Å². The van der Waals surface area contributed by atoms with Crippen molar-refractivity contribution in [2.45, 2.75) is 59.9 Å². The Balaban J connectivity index is 4.29. The fourth-order valence-corrected chi connectivity index (χ4v) is 1.76. The highest BCUT2D eigenvalue weighted by Crippen LogP contribution is 2.09. The fourth-order valence-electron chi connectivity index (χ4n) is 1.76. The van der Waals surface area contributed by atoms with Crippen molar-refractivity contribution in [2.75, 3.05) is 6.54 Å². The molecule has 2 N–H and O–H groups in total. The summed E-state index contributed by atoms with van der Waals surface area (Å²) in [7, 11) is 0. The number of unbranched alkanes of at least 4 members (excludes halogenated alkanes) is 1. The van der Waals surface area contributed by atoms with Crippen molar-refractivity contribution < 1.29 is 14.4 Å². The van der Waals surface area contributed by atoms with Crippen molar-refractivity contribution in [3.05, 3.63) is 0 Å². The van der Waals surface area contributed by atoms with Crippen LogP contribution in [-0.2, 0) is 14.4 Å². The number of Topliss-reactive ketones (excluding diaryl/α,β-unsaturated/α-hetero) is 1. The van der Waals surface area contributed by atoms with Crippen molar-refractivity contribution >= 4 is 17.6 Å². The molecule has 0 heterocycles. The van der Waals surface area contributed by atoms with Crippen LogP contribution in [0.15, 0.2) is 0 Å². The van der Waals surface area contributed by atoms with E-state index < -0.39 is 6.04 Å². The third-order valence-corrected chi connectivity index (χ3v) is 3.05. The lowest BCUT2D eigenvalue weighted by atomic mass is 9.96. The van der Waals surface area contributed by atoms with Gasteiger partial charge < -0.3 is 10.6 Å². The maximum atomic E-state index is 12.1. The first-order chi connectivity index (χ1) is 9.25. The van der Waals surface area contributed by atoms with Gasteiger partial charge in [-0.15, -0.1) is 0 Å². The van der Waals surface area contributed by atoms with Crippen LogP contribution in [0.25, 0.3) is 0 Å². The van der Waals surface area contributed by atoms with Gasteiger partial charge in [0.05, 0.1) is 6.04 Å². The highest BCUT2D eigenvalue weighted by Gasteiger charge is 2.23. The summed E-state index contributed by atoms with van der Waals surface area (Å²) < 4.78 is 0. The minimum atomic E-state index is -0.415. The third-order valence-electron chi connectivity index (χ3n) is 3.05. The summed E-state index contributed by atoms with van der Waals surface area (Å²) in [5, 5.41) is 5.54. The van der Waals surface area contributed by atoms with Crippen molar-refractivity contribution in [1.29, 1.82) is 0 Å². The molecule has 0 aromatic carbocycles. The minimum absolute atomic E-state index is 0.0482. The van der Waals surface area contributed by atoms with E-state index in [1.165, 1.54) is 6.92 Å². The van der Waals surface area contributed by atoms with Crippen molar-refractivity contribution in [1.82, 2.24) is 10.6 Å². The van der Waals surface area contributed by atoms with Crippen LogP contribution in [0.1, 0.15) is 53.9 Å². The molecule has 0 rings (SSSR count). The zero-order valence-electron chi connectivity index (χ0n) is 13.3. The van der Waals surface area contributed by atoms with Gasteiger partial charge in [0.25, 0.3) is 0 Å². The zero-order valence-corrected chi connectivity index (χ0v) is 13.3. The molecule has 0 aliphatic rings. The van der Waals surface area contributed by atoms with Crippen LogP contribution in [0.3, 0.4) is 0 Å². The van der Waals surface area contributed by atoms with Crippen molar-refractivity contribution in [3.63, 3.8) is 0 Å². The number of carbonyl (C=O) groups excluding carboxylic acids is 3. The van der Waals surface area contributed by atoms with Crippen LogP contribution in [0.5, 0.6) is 0 Å². The lowest BCUT2D eigenvalue weighted by Crippen LogP contribution is -2.44. The molecule has 0 aliphatic heterocycles. The number of amides is 2. The molecule has 0 saturated carbocycles. The van der Waals surface area contributed by atoms with Gasteiger partial charge in [-0.3, -0.25) is 14.4 Å². The van der Waals surface area contributed by atoms with Gasteiger partial charge in [0.15, 0.2) is 5.78 Å². The molecule has 0 aliphatic carbocycles. The number of carbonyl (C=O) groups is 3. The third kappa shape index (κ3) is 7.92. The molecular weight excluding hydrogens is 256 g/mol. The second-order valence-corrected chi connectivity index (χ2v) is 5.75. The van der Waals surface area contributed by atoms with Gasteiger partial charge in [0.2, 0.25) is 11.8 Å². The molecule has 0 fully saturated rings. The number of nitrogens with one attached hydrogen (secondary N) is 2. The van der Waals surface area contributed by atoms with E-state index in [0.29, 0.717) is 13.0 Å². The van der Waals surface area contributed by atoms with Crippen LogP contribution in [0, 0.1) is 11.8 Å². The average molecular weight is 284 g/mol. The van der Waals surface area contributed by atoms with Gasteiger partial charge in [-0.2, -0.15) is 0 Å². The van der Waals surface area contributed by atoms with E-state index in [-0.39, 0.29) is 29.4 Å². The Hall–Kier alpha value is -1.39. The molecule has 0 unspecified atom stereocenters. The first kappa shape index (κ1) is 18.6. The molecule has 20 heavy (non-hydrogen) atoms. The average Bonchev–Trinajstić information content (AvgIpc) is 2.35. The number of ketones is 1. The van der Waals surface area contributed by atoms with Crippen LogP contribution >= 0.6 is 0 Å². The van der Waals surface area contributed by atoms with Crippen LogP contribution < -0.4 is 10.6 Å². The molecule has 116 valence electrons. The summed E-state index contributed by atoms with van der Waals surface area (Å²) in [6.07, 6.45) is 2.22. The predicted octanol–water partition coefficient (Wildman–Crippen LogP) is 1.66. The Morgan fingerprint density at radius 2 is 1.55 bits per heavy atom. The van der Waals surface area contributed by atoms with E-state index in [0.717, 1.165) is 12.8 Å². The van der Waals surface area contributed by atoms with Crippen LogP contribution in [0.4, 0.5) is 0 Å². The largest absolute Gasteiger partial charge is 0.356 e. The Morgan fingerprint density at radius 1 is 0.950 bits per heavy atom. The molecule has 1 atom stereocenters. The monoisotopic (exact) mass is 284 g/mol. The van der Waals surface area contributed by atoms with Gasteiger partial charge >= 0.3 is 0 Å². The van der Waals surface area contributed by atoms with Gasteiger partial charge in [-0.25, -0.2) is 0 Å². The summed E-state index contributed by atoms with van der Waals surface area (Å²) in [5.41, 5.74) is 0. The van der Waals surface area contributed by atoms with Gasteiger partial charge in [-0.1, -0.05) is 27.7 Å². The first-order valence-corrected chi connectivity index (χ1v) is 7.34. The highest BCUT2D eigenvalue weighted by molar-refractivity contribution is 5.90. The zero-order chi connectivity index (χ0) is 15.7. The lowest BCUT2D eigenvalue weighted by Gasteiger charge is -2.20. The highest BCUT2D eigenvalue weighted by atomic mass is 16.2. The summed E-state index contributed by atoms with van der Waals surface area (Å²) in [5.74, 6) is -0.294. The predicted molar refractivity (Wildman–Crippen MR) is 79.1 cm³/mol. The second-order valence-electron chi connectivity index (χ2n) is 5.75. The second kappa shape index (κ2) is 9.50. The Labute approximate surface area is 121 Å². The first-order valence-electron chi connectivity index (χ1n) is 7.34. The fraction of sp³-hybridized carbons (Fsp3) is 0.800. The summed E-state index contributed by atoms with van der Waals surface area (Å²) in [4.78, 5) is 34.6. The molecule has 2 amide bonds. The molecule has 5 nitrogen and oxygen atoms in total. The molecule has 0 aromatic rings. The quantitative estimate of drug-likeness (QED) is 0.632. The van der Waals surface area contributed by atoms with Gasteiger partial charge in [0, 0.05) is 25.3 Å². The van der Waals surface area contributed by atoms with Crippen LogP contribution in [0.2, 0.25) is 0 Å². The van der Waals surface area contributed by atoms with Crippen molar-refractivity contribution in [3.8, 4) is 0 Å². The molecule has 0 aromatic heterocycles. The molecule has 5 heteroatoms. The summed E-state index contributed by atoms with van der Waals surface area (Å²) in [6, 6.07) is -0.415. The topological polar surface area (TPSA) is 75.3 Å². The maximum absolute atomic E-state index is 12.1. The standard InChI is InChI=1S/C15H28N2O3/c1-10(2)14(19)13(17-15(20)11(3)4)8-6-7-9-16-12(5)18/h10-11,13H,6-9H2,1-5H3,(H,16,18)(H,17,20)/t13-/m0/s1. The van der Waals surface area contributed by atoms with Gasteiger partial charge in [0.1, 0.15) is 0 Å². The normalized spacial score (nSPS) is 12.3. The Kier molecular flexibility index (Phi) is 8.84. The van der Waals surface area contributed by atoms with E-state index in [9.17, 15) is 14.4 Å². The summed E-state index contributed by atoms with van der Waals surface area (Å²) >= 11 is 0. The smallest absolute Gasteiger partial charge is 0.223 e. The van der Waals surface area contributed by atoms with E-state index in [2.05, 4.69) is 10.6 Å². The minimum Gasteiger partial charge on any atom is -0.356 e. The Bertz CT molecular complexity index is 338. The molecule has 0 radical (unpaired) electrons. The maximum Gasteiger partial charge on any atom is 0.223 e. The number of hydrogen-bond donors (Lipinski definition) is 2. The molecular formula is C15H28N2O3. The Morgan fingerprint density at radius 3 is 2.00 bits per heavy atom. The van der Waals surface area contributed by atoms with E-state index in [1.807, 2.05) is 27.7 Å². The molecule has 0 bridgehead atoms. The van der Waals surface area contributed by atoms with E-state index in [4.69, 9.17) is 0 Å². The van der Waals surface area contributed by atoms with E-state index in [1.54, 1.807) is 0 Å². The lowest BCUT2D eigenvalue weighted by molar-refractivity contribution is -0.131. The molecule has 0 spiro atoms. The number of rotatable bonds is 9. The molecule has 0 saturated heterocycles. The number of hydrogen-bond acceptors (Lipinski definition) is 3. The SMILES string of the molecule is CC(=O)NCCCC[C@H](NC(=O)C(C)C)C(=O)C(C)C. The van der Waals surface area contributed by atoms with E-state index >= 15 is 0 Å². The van der Waals surface area contributed by atoms with Crippen molar-refractivity contribution in [2.24, 2.45) is 11.8 Å². The van der Waals surface area contributed by atoms with Crippen LogP contribution in [-0.4, -0.2) is 30.2 Å².